The van der Waals surface area contributed by atoms with Crippen molar-refractivity contribution >= 4 is 40.5 Å². The van der Waals surface area contributed by atoms with E-state index in [0.29, 0.717) is 5.56 Å². The standard InChI is InChI=1S/C28H34N6O7/c1-15(32-26(38)20(29)13-17-14-31-21-5-3-2-4-19(17)21)25(37)34-23(12-16-6-8-18(35)9-7-16)27(39)33-22(28(40)41)10-11-24(30)36/h2-9,14-15,20,22-23,31,35H,10-13,29H2,1H3,(H2,30,36)(H,32,38)(H,33,39)(H,34,37)(H,40,41). The molecule has 0 saturated carbocycles. The number of nitrogens with two attached hydrogens (primary N) is 2. The second-order valence-electron chi connectivity index (χ2n) is 9.74. The minimum Gasteiger partial charge on any atom is -0.508 e. The van der Waals surface area contributed by atoms with Crippen LogP contribution < -0.4 is 27.4 Å². The number of phenols is 1. The summed E-state index contributed by atoms with van der Waals surface area (Å²) in [6, 6.07) is 8.73. The fourth-order valence-electron chi connectivity index (χ4n) is 4.21. The molecule has 218 valence electrons. The number of carboxylic acids is 1. The molecule has 0 aliphatic rings. The summed E-state index contributed by atoms with van der Waals surface area (Å²) in [5.41, 5.74) is 13.5. The highest BCUT2D eigenvalue weighted by atomic mass is 16.4. The van der Waals surface area contributed by atoms with E-state index < -0.39 is 53.8 Å². The maximum Gasteiger partial charge on any atom is 0.326 e. The Bertz CT molecular complexity index is 1400. The third-order valence-corrected chi connectivity index (χ3v) is 6.51. The number of carbonyl (C=O) groups is 5. The van der Waals surface area contributed by atoms with Crippen molar-refractivity contribution < 1.29 is 34.2 Å². The highest BCUT2D eigenvalue weighted by Crippen LogP contribution is 2.19. The molecule has 4 amide bonds. The van der Waals surface area contributed by atoms with Crippen LogP contribution >= 0.6 is 0 Å². The average Bonchev–Trinajstić information content (AvgIpc) is 3.33. The van der Waals surface area contributed by atoms with Crippen molar-refractivity contribution in [1.82, 2.24) is 20.9 Å². The number of H-pyrrole nitrogens is 1. The first-order chi connectivity index (χ1) is 19.4. The monoisotopic (exact) mass is 566 g/mol. The maximum atomic E-state index is 13.1. The van der Waals surface area contributed by atoms with Gasteiger partial charge >= 0.3 is 5.97 Å². The van der Waals surface area contributed by atoms with Crippen molar-refractivity contribution in [3.05, 3.63) is 65.9 Å². The Kier molecular flexibility index (Phi) is 10.4. The van der Waals surface area contributed by atoms with Gasteiger partial charge in [-0.15, -0.1) is 0 Å². The SMILES string of the molecule is CC(NC(=O)C(N)Cc1c[nH]c2ccccc12)C(=O)NC(Cc1ccc(O)cc1)C(=O)NC(CCC(N)=O)C(=O)O. The van der Waals surface area contributed by atoms with Crippen LogP contribution in [0.5, 0.6) is 5.75 Å². The fourth-order valence-corrected chi connectivity index (χ4v) is 4.21. The molecule has 0 radical (unpaired) electrons. The second-order valence-corrected chi connectivity index (χ2v) is 9.74. The lowest BCUT2D eigenvalue weighted by molar-refractivity contribution is -0.142. The van der Waals surface area contributed by atoms with Crippen molar-refractivity contribution in [2.24, 2.45) is 11.5 Å². The molecule has 0 aliphatic heterocycles. The van der Waals surface area contributed by atoms with E-state index in [2.05, 4.69) is 20.9 Å². The Hall–Kier alpha value is -4.91. The Morgan fingerprint density at radius 1 is 0.878 bits per heavy atom. The summed E-state index contributed by atoms with van der Waals surface area (Å²) in [5.74, 6) is -4.21. The van der Waals surface area contributed by atoms with Crippen LogP contribution in [0.25, 0.3) is 10.9 Å². The van der Waals surface area contributed by atoms with Crippen molar-refractivity contribution in [1.29, 1.82) is 0 Å². The number of amides is 4. The normalized spacial score (nSPS) is 13.9. The third-order valence-electron chi connectivity index (χ3n) is 6.51. The maximum absolute atomic E-state index is 13.1. The van der Waals surface area contributed by atoms with Crippen LogP contribution in [0, 0.1) is 0 Å². The largest absolute Gasteiger partial charge is 0.508 e. The molecule has 3 aromatic rings. The molecule has 10 N–H and O–H groups in total. The molecule has 0 bridgehead atoms. The van der Waals surface area contributed by atoms with Gasteiger partial charge in [0.25, 0.3) is 0 Å². The number of para-hydroxylation sites is 1. The molecular formula is C28H34N6O7. The van der Waals surface area contributed by atoms with E-state index in [9.17, 15) is 34.2 Å². The van der Waals surface area contributed by atoms with Crippen molar-refractivity contribution in [3.63, 3.8) is 0 Å². The lowest BCUT2D eigenvalue weighted by Gasteiger charge is -2.24. The molecule has 0 saturated heterocycles. The van der Waals surface area contributed by atoms with Gasteiger partial charge in [-0.25, -0.2) is 4.79 Å². The number of carboxylic acid groups (broad SMARTS) is 1. The molecule has 4 unspecified atom stereocenters. The summed E-state index contributed by atoms with van der Waals surface area (Å²) in [6.07, 6.45) is 1.43. The van der Waals surface area contributed by atoms with E-state index in [-0.39, 0.29) is 31.4 Å². The van der Waals surface area contributed by atoms with Gasteiger partial charge in [0.15, 0.2) is 0 Å². The van der Waals surface area contributed by atoms with Crippen molar-refractivity contribution in [2.45, 2.75) is 56.8 Å². The summed E-state index contributed by atoms with van der Waals surface area (Å²) in [4.78, 5) is 64.7. The van der Waals surface area contributed by atoms with E-state index in [1.165, 1.54) is 19.1 Å². The second kappa shape index (κ2) is 13.9. The van der Waals surface area contributed by atoms with Gasteiger partial charge in [0.05, 0.1) is 6.04 Å². The number of benzene rings is 2. The van der Waals surface area contributed by atoms with Crippen LogP contribution in [0.15, 0.2) is 54.7 Å². The van der Waals surface area contributed by atoms with Gasteiger partial charge in [-0.05, 0) is 49.1 Å². The number of hydrogen-bond donors (Lipinski definition) is 8. The van der Waals surface area contributed by atoms with E-state index in [0.717, 1.165) is 16.5 Å². The number of hydrogen-bond acceptors (Lipinski definition) is 7. The number of rotatable bonds is 14. The van der Waals surface area contributed by atoms with Gasteiger partial charge in [0, 0.05) is 29.9 Å². The van der Waals surface area contributed by atoms with E-state index in [4.69, 9.17) is 11.5 Å². The number of nitrogens with one attached hydrogen (secondary N) is 4. The van der Waals surface area contributed by atoms with Crippen LogP contribution in [-0.2, 0) is 36.8 Å². The van der Waals surface area contributed by atoms with E-state index in [1.807, 2.05) is 24.3 Å². The van der Waals surface area contributed by atoms with Gasteiger partial charge in [-0.3, -0.25) is 19.2 Å². The molecule has 2 aromatic carbocycles. The summed E-state index contributed by atoms with van der Waals surface area (Å²) in [6.45, 7) is 1.42. The number of carbonyl (C=O) groups excluding carboxylic acids is 4. The molecule has 0 aliphatic carbocycles. The smallest absolute Gasteiger partial charge is 0.326 e. The molecule has 1 heterocycles. The fraction of sp³-hybridized carbons (Fsp3) is 0.321. The highest BCUT2D eigenvalue weighted by Gasteiger charge is 2.29. The Balaban J connectivity index is 1.67. The van der Waals surface area contributed by atoms with Crippen LogP contribution in [0.4, 0.5) is 0 Å². The quantitative estimate of drug-likeness (QED) is 0.130. The molecule has 41 heavy (non-hydrogen) atoms. The zero-order valence-corrected chi connectivity index (χ0v) is 22.4. The first-order valence-corrected chi connectivity index (χ1v) is 12.9. The first-order valence-electron chi connectivity index (χ1n) is 12.9. The van der Waals surface area contributed by atoms with E-state index >= 15 is 0 Å². The zero-order valence-electron chi connectivity index (χ0n) is 22.4. The van der Waals surface area contributed by atoms with Gasteiger partial charge in [-0.2, -0.15) is 0 Å². The predicted molar refractivity (Wildman–Crippen MR) is 149 cm³/mol. The molecule has 1 aromatic heterocycles. The Morgan fingerprint density at radius 3 is 2.20 bits per heavy atom. The van der Waals surface area contributed by atoms with Crippen LogP contribution in [0.3, 0.4) is 0 Å². The number of aliphatic carboxylic acids is 1. The van der Waals surface area contributed by atoms with Crippen LogP contribution in [0.2, 0.25) is 0 Å². The predicted octanol–water partition coefficient (Wildman–Crippen LogP) is -0.190. The summed E-state index contributed by atoms with van der Waals surface area (Å²) in [7, 11) is 0. The first kappa shape index (κ1) is 30.6. The average molecular weight is 567 g/mol. The zero-order chi connectivity index (χ0) is 30.1. The molecule has 0 fully saturated rings. The lowest BCUT2D eigenvalue weighted by Crippen LogP contribution is -2.57. The van der Waals surface area contributed by atoms with E-state index in [1.54, 1.807) is 18.3 Å². The molecule has 4 atom stereocenters. The topological polar surface area (TPSA) is 230 Å². The number of fused-ring (bicyclic) bond motifs is 1. The minimum absolute atomic E-state index is 0.00325. The minimum atomic E-state index is -1.42. The number of phenolic OH excluding ortho intramolecular Hbond substituents is 1. The van der Waals surface area contributed by atoms with Crippen molar-refractivity contribution in [3.8, 4) is 5.75 Å². The highest BCUT2D eigenvalue weighted by molar-refractivity contribution is 5.94. The van der Waals surface area contributed by atoms with Gasteiger partial charge in [0.2, 0.25) is 23.6 Å². The summed E-state index contributed by atoms with van der Waals surface area (Å²) >= 11 is 0. The Morgan fingerprint density at radius 2 is 1.54 bits per heavy atom. The van der Waals surface area contributed by atoms with Crippen LogP contribution in [0.1, 0.15) is 30.9 Å². The number of aromatic hydroxyl groups is 1. The molecule has 0 spiro atoms. The van der Waals surface area contributed by atoms with Gasteiger partial charge < -0.3 is 42.6 Å². The Labute approximate surface area is 235 Å². The number of aromatic nitrogens is 1. The third kappa shape index (κ3) is 8.80. The number of primary amides is 1. The van der Waals surface area contributed by atoms with Crippen LogP contribution in [-0.4, -0.2) is 69.0 Å². The van der Waals surface area contributed by atoms with Gasteiger partial charge in [0.1, 0.15) is 23.9 Å². The summed E-state index contributed by atoms with van der Waals surface area (Å²) < 4.78 is 0. The molecule has 13 heteroatoms. The molecular weight excluding hydrogens is 532 g/mol. The lowest BCUT2D eigenvalue weighted by atomic mass is 10.0. The molecule has 3 rings (SSSR count). The van der Waals surface area contributed by atoms with Crippen molar-refractivity contribution in [2.75, 3.05) is 0 Å². The molecule has 13 nitrogen and oxygen atoms in total. The summed E-state index contributed by atoms with van der Waals surface area (Å²) in [5, 5.41) is 27.4. The number of aromatic amines is 1. The van der Waals surface area contributed by atoms with Gasteiger partial charge in [-0.1, -0.05) is 30.3 Å².